The van der Waals surface area contributed by atoms with Crippen molar-refractivity contribution in [2.75, 3.05) is 19.7 Å². The molecule has 0 saturated carbocycles. The summed E-state index contributed by atoms with van der Waals surface area (Å²) < 4.78 is 6.80. The Morgan fingerprint density at radius 3 is 2.96 bits per heavy atom. The molecule has 0 aromatic carbocycles. The van der Waals surface area contributed by atoms with Crippen LogP contribution in [-0.4, -0.2) is 51.2 Å². The van der Waals surface area contributed by atoms with E-state index in [2.05, 4.69) is 10.1 Å². The molecule has 0 radical (unpaired) electrons. The van der Waals surface area contributed by atoms with Crippen LogP contribution in [-0.2, 0) is 16.6 Å². The van der Waals surface area contributed by atoms with Gasteiger partial charge in [-0.1, -0.05) is 0 Å². The summed E-state index contributed by atoms with van der Waals surface area (Å²) in [6, 6.07) is 1.83. The number of rotatable bonds is 3. The lowest BCUT2D eigenvalue weighted by molar-refractivity contribution is -0.149. The molecular weight excluding hydrogens is 308 g/mol. The zero-order chi connectivity index (χ0) is 17.3. The minimum absolute atomic E-state index is 0.0957. The molecular formula is C17H22N4O3. The molecule has 0 aliphatic carbocycles. The van der Waals surface area contributed by atoms with Crippen LogP contribution in [0.15, 0.2) is 12.3 Å². The van der Waals surface area contributed by atoms with Crippen molar-refractivity contribution in [1.29, 1.82) is 0 Å². The van der Waals surface area contributed by atoms with Gasteiger partial charge >= 0.3 is 5.97 Å². The molecule has 3 rings (SSSR count). The normalized spacial score (nSPS) is 18.0. The average Bonchev–Trinajstić information content (AvgIpc) is 2.88. The maximum absolute atomic E-state index is 12.8. The van der Waals surface area contributed by atoms with Crippen LogP contribution in [0.25, 0.3) is 11.0 Å². The fraction of sp³-hybridized carbons (Fsp3) is 0.529. The molecule has 0 N–H and O–H groups in total. The number of hydrogen-bond acceptors (Lipinski definition) is 5. The fourth-order valence-corrected chi connectivity index (χ4v) is 3.22. The number of carbonyl (C=O) groups excluding carboxylic acids is 2. The van der Waals surface area contributed by atoms with E-state index in [1.165, 1.54) is 0 Å². The summed E-state index contributed by atoms with van der Waals surface area (Å²) >= 11 is 0. The van der Waals surface area contributed by atoms with E-state index in [-0.39, 0.29) is 17.8 Å². The Morgan fingerprint density at radius 2 is 2.21 bits per heavy atom. The van der Waals surface area contributed by atoms with Gasteiger partial charge in [0.1, 0.15) is 0 Å². The van der Waals surface area contributed by atoms with Crippen molar-refractivity contribution < 1.29 is 14.3 Å². The van der Waals surface area contributed by atoms with E-state index in [1.54, 1.807) is 22.7 Å². The van der Waals surface area contributed by atoms with Crippen molar-refractivity contribution in [2.45, 2.75) is 26.7 Å². The number of amides is 1. The summed E-state index contributed by atoms with van der Waals surface area (Å²) in [6.07, 6.45) is 3.15. The van der Waals surface area contributed by atoms with Gasteiger partial charge in [0, 0.05) is 31.7 Å². The van der Waals surface area contributed by atoms with Gasteiger partial charge in [0.2, 0.25) is 0 Å². The number of ether oxygens (including phenoxy) is 1. The Balaban J connectivity index is 1.80. The molecule has 1 amide bonds. The van der Waals surface area contributed by atoms with E-state index in [9.17, 15) is 9.59 Å². The number of esters is 1. The number of nitrogens with zero attached hydrogens (tertiary/aromatic N) is 4. The molecule has 2 aromatic heterocycles. The van der Waals surface area contributed by atoms with Crippen molar-refractivity contribution in [3.8, 4) is 0 Å². The van der Waals surface area contributed by atoms with Crippen LogP contribution < -0.4 is 0 Å². The highest BCUT2D eigenvalue weighted by molar-refractivity contribution is 5.97. The van der Waals surface area contributed by atoms with E-state index in [1.807, 2.05) is 20.0 Å². The SMILES string of the molecule is CCOC(=O)C1CCCN(C(=O)c2cnc3c(c2)c(C)nn3C)C1. The molecule has 3 heterocycles. The summed E-state index contributed by atoms with van der Waals surface area (Å²) in [6.45, 7) is 5.11. The van der Waals surface area contributed by atoms with Crippen molar-refractivity contribution in [3.63, 3.8) is 0 Å². The van der Waals surface area contributed by atoms with E-state index in [4.69, 9.17) is 4.74 Å². The summed E-state index contributed by atoms with van der Waals surface area (Å²) in [5.74, 6) is -0.548. The summed E-state index contributed by atoms with van der Waals surface area (Å²) in [4.78, 5) is 30.8. The van der Waals surface area contributed by atoms with Crippen LogP contribution in [0.2, 0.25) is 0 Å². The molecule has 7 heteroatoms. The van der Waals surface area contributed by atoms with Crippen LogP contribution in [0.4, 0.5) is 0 Å². The minimum atomic E-state index is -0.237. The third-order valence-electron chi connectivity index (χ3n) is 4.44. The van der Waals surface area contributed by atoms with Gasteiger partial charge in [-0.3, -0.25) is 14.3 Å². The number of aromatic nitrogens is 3. The molecule has 2 aromatic rings. The van der Waals surface area contributed by atoms with Crippen LogP contribution in [0.1, 0.15) is 35.8 Å². The Kier molecular flexibility index (Phi) is 4.51. The Bertz CT molecular complexity index is 783. The minimum Gasteiger partial charge on any atom is -0.466 e. The number of carbonyl (C=O) groups is 2. The van der Waals surface area contributed by atoms with Crippen molar-refractivity contribution in [1.82, 2.24) is 19.7 Å². The topological polar surface area (TPSA) is 77.3 Å². The summed E-state index contributed by atoms with van der Waals surface area (Å²) in [5, 5.41) is 5.20. The molecule has 0 bridgehead atoms. The molecule has 24 heavy (non-hydrogen) atoms. The average molecular weight is 330 g/mol. The van der Waals surface area contributed by atoms with Gasteiger partial charge < -0.3 is 9.64 Å². The Labute approximate surface area is 140 Å². The molecule has 1 atom stereocenters. The van der Waals surface area contributed by atoms with Crippen LogP contribution in [0.5, 0.6) is 0 Å². The first-order valence-electron chi connectivity index (χ1n) is 8.26. The number of piperidine rings is 1. The number of pyridine rings is 1. The number of likely N-dealkylation sites (tertiary alicyclic amines) is 1. The van der Waals surface area contributed by atoms with E-state index < -0.39 is 0 Å². The highest BCUT2D eigenvalue weighted by Gasteiger charge is 2.30. The molecule has 1 saturated heterocycles. The lowest BCUT2D eigenvalue weighted by Gasteiger charge is -2.31. The van der Waals surface area contributed by atoms with E-state index in [0.29, 0.717) is 25.3 Å². The maximum atomic E-state index is 12.8. The highest BCUT2D eigenvalue weighted by atomic mass is 16.5. The van der Waals surface area contributed by atoms with Gasteiger partial charge in [0.15, 0.2) is 5.65 Å². The number of hydrogen-bond donors (Lipinski definition) is 0. The predicted molar refractivity (Wildman–Crippen MR) is 88.5 cm³/mol. The zero-order valence-corrected chi connectivity index (χ0v) is 14.3. The number of aryl methyl sites for hydroxylation is 2. The lowest BCUT2D eigenvalue weighted by Crippen LogP contribution is -2.42. The molecule has 1 aliphatic heterocycles. The molecule has 7 nitrogen and oxygen atoms in total. The fourth-order valence-electron chi connectivity index (χ4n) is 3.22. The van der Waals surface area contributed by atoms with E-state index in [0.717, 1.165) is 29.6 Å². The van der Waals surface area contributed by atoms with E-state index >= 15 is 0 Å². The van der Waals surface area contributed by atoms with Crippen molar-refractivity contribution in [3.05, 3.63) is 23.5 Å². The van der Waals surface area contributed by atoms with Gasteiger partial charge in [-0.05, 0) is 32.8 Å². The van der Waals surface area contributed by atoms with Crippen molar-refractivity contribution >= 4 is 22.9 Å². The lowest BCUT2D eigenvalue weighted by atomic mass is 9.97. The first-order chi connectivity index (χ1) is 11.5. The smallest absolute Gasteiger partial charge is 0.310 e. The second-order valence-electron chi connectivity index (χ2n) is 6.15. The van der Waals surface area contributed by atoms with Gasteiger partial charge in [-0.15, -0.1) is 0 Å². The number of fused-ring (bicyclic) bond motifs is 1. The first kappa shape index (κ1) is 16.4. The van der Waals surface area contributed by atoms with Crippen molar-refractivity contribution in [2.24, 2.45) is 13.0 Å². The molecule has 128 valence electrons. The summed E-state index contributed by atoms with van der Waals surface area (Å²) in [5.41, 5.74) is 2.13. The third-order valence-corrected chi connectivity index (χ3v) is 4.44. The highest BCUT2D eigenvalue weighted by Crippen LogP contribution is 2.22. The molecule has 1 fully saturated rings. The zero-order valence-electron chi connectivity index (χ0n) is 14.3. The first-order valence-corrected chi connectivity index (χ1v) is 8.26. The molecule has 0 spiro atoms. The van der Waals surface area contributed by atoms with Crippen LogP contribution >= 0.6 is 0 Å². The third kappa shape index (κ3) is 2.98. The quantitative estimate of drug-likeness (QED) is 0.801. The van der Waals surface area contributed by atoms with Gasteiger partial charge in [-0.2, -0.15) is 5.10 Å². The largest absolute Gasteiger partial charge is 0.466 e. The monoisotopic (exact) mass is 330 g/mol. The molecule has 1 unspecified atom stereocenters. The molecule has 1 aliphatic rings. The van der Waals surface area contributed by atoms with Gasteiger partial charge in [0.25, 0.3) is 5.91 Å². The second kappa shape index (κ2) is 6.59. The second-order valence-corrected chi connectivity index (χ2v) is 6.15. The standard InChI is InChI=1S/C17H22N4O3/c1-4-24-17(23)12-6-5-7-21(10-12)16(22)13-8-14-11(2)19-20(3)15(14)18-9-13/h8-9,12H,4-7,10H2,1-3H3. The van der Waals surface area contributed by atoms with Crippen LogP contribution in [0, 0.1) is 12.8 Å². The maximum Gasteiger partial charge on any atom is 0.310 e. The summed E-state index contributed by atoms with van der Waals surface area (Å²) in [7, 11) is 1.83. The van der Waals surface area contributed by atoms with Crippen LogP contribution in [0.3, 0.4) is 0 Å². The van der Waals surface area contributed by atoms with Gasteiger partial charge in [-0.25, -0.2) is 4.98 Å². The Morgan fingerprint density at radius 1 is 1.42 bits per heavy atom. The predicted octanol–water partition coefficient (Wildman–Crippen LogP) is 1.69. The Hall–Kier alpha value is -2.44. The van der Waals surface area contributed by atoms with Gasteiger partial charge in [0.05, 0.1) is 23.8 Å².